The van der Waals surface area contributed by atoms with E-state index in [4.69, 9.17) is 4.74 Å². The number of unbranched alkanes of at least 4 members (excludes halogenated alkanes) is 7. The highest BCUT2D eigenvalue weighted by Crippen LogP contribution is 2.11. The second kappa shape index (κ2) is 12.9. The molecule has 0 aliphatic rings. The number of carbonyl (C=O) groups excluding carboxylic acids is 1. The molecule has 0 aliphatic heterocycles. The van der Waals surface area contributed by atoms with Gasteiger partial charge in [0.2, 0.25) is 0 Å². The lowest BCUT2D eigenvalue weighted by molar-refractivity contribution is -0.148. The van der Waals surface area contributed by atoms with Crippen LogP contribution < -0.4 is 0 Å². The van der Waals surface area contributed by atoms with Crippen LogP contribution in [-0.2, 0) is 9.53 Å². The van der Waals surface area contributed by atoms with E-state index in [2.05, 4.69) is 13.8 Å². The van der Waals surface area contributed by atoms with Gasteiger partial charge in [-0.1, -0.05) is 58.8 Å². The third kappa shape index (κ3) is 11.9. The first-order valence-corrected chi connectivity index (χ1v) is 7.90. The van der Waals surface area contributed by atoms with Crippen molar-refractivity contribution in [2.45, 2.75) is 97.5 Å². The third-order valence-corrected chi connectivity index (χ3v) is 3.28. The molecule has 18 heavy (non-hydrogen) atoms. The average molecular weight is 256 g/mol. The Kier molecular flexibility index (Phi) is 12.5. The molecule has 0 aliphatic carbocycles. The van der Waals surface area contributed by atoms with E-state index in [9.17, 15) is 4.79 Å². The molecule has 0 radical (unpaired) electrons. The van der Waals surface area contributed by atoms with Gasteiger partial charge in [0.1, 0.15) is 0 Å². The van der Waals surface area contributed by atoms with Crippen LogP contribution in [0.25, 0.3) is 0 Å². The molecule has 0 rings (SSSR count). The molecule has 0 N–H and O–H groups in total. The number of hydrogen-bond donors (Lipinski definition) is 0. The average Bonchev–Trinajstić information content (AvgIpc) is 2.35. The molecule has 0 saturated carbocycles. The fourth-order valence-corrected chi connectivity index (χ4v) is 2.05. The van der Waals surface area contributed by atoms with Crippen LogP contribution >= 0.6 is 0 Å². The van der Waals surface area contributed by atoms with Crippen molar-refractivity contribution >= 4 is 5.97 Å². The number of carbonyl (C=O) groups is 1. The molecular weight excluding hydrogens is 224 g/mol. The highest BCUT2D eigenvalue weighted by Gasteiger charge is 2.08. The van der Waals surface area contributed by atoms with E-state index in [-0.39, 0.29) is 12.1 Å². The molecule has 0 bridgehead atoms. The van der Waals surface area contributed by atoms with Gasteiger partial charge in [0, 0.05) is 6.42 Å². The normalized spacial score (nSPS) is 12.4. The molecule has 108 valence electrons. The van der Waals surface area contributed by atoms with E-state index in [0.717, 1.165) is 19.3 Å². The molecule has 0 aromatic rings. The minimum atomic E-state index is -0.0210. The predicted molar refractivity (Wildman–Crippen MR) is 77.7 cm³/mol. The van der Waals surface area contributed by atoms with Crippen molar-refractivity contribution < 1.29 is 9.53 Å². The quantitative estimate of drug-likeness (QED) is 0.352. The number of esters is 1. The largest absolute Gasteiger partial charge is 0.463 e. The number of ether oxygens (including phenoxy) is 1. The summed E-state index contributed by atoms with van der Waals surface area (Å²) in [4.78, 5) is 11.4. The Morgan fingerprint density at radius 2 is 1.44 bits per heavy atom. The van der Waals surface area contributed by atoms with E-state index in [1.807, 2.05) is 6.92 Å². The lowest BCUT2D eigenvalue weighted by Gasteiger charge is -2.12. The molecule has 0 fully saturated rings. The van der Waals surface area contributed by atoms with Gasteiger partial charge in [-0.15, -0.1) is 0 Å². The molecule has 2 heteroatoms. The smallest absolute Gasteiger partial charge is 0.306 e. The lowest BCUT2D eigenvalue weighted by atomic mass is 10.1. The van der Waals surface area contributed by atoms with Crippen molar-refractivity contribution in [3.63, 3.8) is 0 Å². The van der Waals surface area contributed by atoms with Crippen molar-refractivity contribution in [1.82, 2.24) is 0 Å². The van der Waals surface area contributed by atoms with Crippen molar-refractivity contribution in [1.29, 1.82) is 0 Å². The van der Waals surface area contributed by atoms with Crippen LogP contribution in [-0.4, -0.2) is 12.1 Å². The van der Waals surface area contributed by atoms with Crippen LogP contribution in [0.15, 0.2) is 0 Å². The van der Waals surface area contributed by atoms with Gasteiger partial charge >= 0.3 is 5.97 Å². The van der Waals surface area contributed by atoms with Crippen molar-refractivity contribution in [2.75, 3.05) is 0 Å². The zero-order chi connectivity index (χ0) is 13.6. The zero-order valence-electron chi connectivity index (χ0n) is 12.7. The Hall–Kier alpha value is -0.530. The van der Waals surface area contributed by atoms with E-state index < -0.39 is 0 Å². The Balaban J connectivity index is 3.31. The fourth-order valence-electron chi connectivity index (χ4n) is 2.05. The second-order valence-corrected chi connectivity index (χ2v) is 5.31. The summed E-state index contributed by atoms with van der Waals surface area (Å²) in [6, 6.07) is 0. The van der Waals surface area contributed by atoms with Crippen molar-refractivity contribution in [3.8, 4) is 0 Å². The van der Waals surface area contributed by atoms with E-state index in [1.165, 1.54) is 44.9 Å². The van der Waals surface area contributed by atoms with Gasteiger partial charge in [-0.25, -0.2) is 0 Å². The van der Waals surface area contributed by atoms with E-state index in [1.54, 1.807) is 0 Å². The predicted octanol–water partition coefficient (Wildman–Crippen LogP) is 5.25. The van der Waals surface area contributed by atoms with Gasteiger partial charge in [0.15, 0.2) is 0 Å². The summed E-state index contributed by atoms with van der Waals surface area (Å²) >= 11 is 0. The Morgan fingerprint density at radius 3 is 2.06 bits per heavy atom. The van der Waals surface area contributed by atoms with E-state index >= 15 is 0 Å². The lowest BCUT2D eigenvalue weighted by Crippen LogP contribution is -2.14. The molecule has 0 amide bonds. The Labute approximate surface area is 113 Å². The van der Waals surface area contributed by atoms with Crippen molar-refractivity contribution in [2.24, 2.45) is 0 Å². The molecular formula is C16H32O2. The first-order valence-electron chi connectivity index (χ1n) is 7.90. The van der Waals surface area contributed by atoms with E-state index in [0.29, 0.717) is 6.42 Å². The molecule has 1 unspecified atom stereocenters. The standard InChI is InChI=1S/C16H32O2/c1-4-6-8-9-10-11-12-13-15(3)18-16(17)14-7-5-2/h15H,4-14H2,1-3H3. The summed E-state index contributed by atoms with van der Waals surface area (Å²) in [7, 11) is 0. The molecule has 0 aromatic carbocycles. The van der Waals surface area contributed by atoms with Gasteiger partial charge in [0.05, 0.1) is 6.10 Å². The fraction of sp³-hybridized carbons (Fsp3) is 0.938. The van der Waals surface area contributed by atoms with Crippen LogP contribution in [0.5, 0.6) is 0 Å². The summed E-state index contributed by atoms with van der Waals surface area (Å²) in [5.41, 5.74) is 0. The summed E-state index contributed by atoms with van der Waals surface area (Å²) in [6.45, 7) is 6.35. The highest BCUT2D eigenvalue weighted by atomic mass is 16.5. The molecule has 0 spiro atoms. The maximum Gasteiger partial charge on any atom is 0.306 e. The number of hydrogen-bond acceptors (Lipinski definition) is 2. The van der Waals surface area contributed by atoms with Crippen LogP contribution in [0.3, 0.4) is 0 Å². The summed E-state index contributed by atoms with van der Waals surface area (Å²) in [5.74, 6) is -0.0210. The summed E-state index contributed by atoms with van der Waals surface area (Å²) in [5, 5.41) is 0. The van der Waals surface area contributed by atoms with Crippen LogP contribution in [0.4, 0.5) is 0 Å². The summed E-state index contributed by atoms with van der Waals surface area (Å²) in [6.07, 6.45) is 12.9. The van der Waals surface area contributed by atoms with Crippen LogP contribution in [0.2, 0.25) is 0 Å². The second-order valence-electron chi connectivity index (χ2n) is 5.31. The maximum absolute atomic E-state index is 11.4. The zero-order valence-corrected chi connectivity index (χ0v) is 12.7. The molecule has 0 aromatic heterocycles. The minimum absolute atomic E-state index is 0.0210. The van der Waals surface area contributed by atoms with Crippen LogP contribution in [0.1, 0.15) is 91.4 Å². The van der Waals surface area contributed by atoms with Gasteiger partial charge in [0.25, 0.3) is 0 Å². The first-order chi connectivity index (χ1) is 8.70. The third-order valence-electron chi connectivity index (χ3n) is 3.28. The maximum atomic E-state index is 11.4. The molecule has 0 saturated heterocycles. The summed E-state index contributed by atoms with van der Waals surface area (Å²) < 4.78 is 5.36. The van der Waals surface area contributed by atoms with Gasteiger partial charge < -0.3 is 4.74 Å². The highest BCUT2D eigenvalue weighted by molar-refractivity contribution is 5.69. The molecule has 1 atom stereocenters. The monoisotopic (exact) mass is 256 g/mol. The Bertz CT molecular complexity index is 190. The van der Waals surface area contributed by atoms with Gasteiger partial charge in [-0.05, 0) is 26.2 Å². The van der Waals surface area contributed by atoms with Gasteiger partial charge in [-0.2, -0.15) is 0 Å². The minimum Gasteiger partial charge on any atom is -0.463 e. The first kappa shape index (κ1) is 17.5. The topological polar surface area (TPSA) is 26.3 Å². The van der Waals surface area contributed by atoms with Crippen LogP contribution in [0, 0.1) is 0 Å². The SMILES string of the molecule is CCCCCCCCCC(C)OC(=O)CCCC. The Morgan fingerprint density at radius 1 is 0.889 bits per heavy atom. The van der Waals surface area contributed by atoms with Crippen molar-refractivity contribution in [3.05, 3.63) is 0 Å². The number of rotatable bonds is 12. The molecule has 2 nitrogen and oxygen atoms in total. The molecule has 0 heterocycles. The van der Waals surface area contributed by atoms with Gasteiger partial charge in [-0.3, -0.25) is 4.79 Å².